The lowest BCUT2D eigenvalue weighted by Crippen LogP contribution is -2.25. The minimum absolute atomic E-state index is 0.0320. The number of carbonyl (C=O) groups is 2. The van der Waals surface area contributed by atoms with Crippen LogP contribution in [0, 0.1) is 0 Å². The fourth-order valence-electron chi connectivity index (χ4n) is 3.16. The van der Waals surface area contributed by atoms with Gasteiger partial charge in [-0.15, -0.1) is 5.10 Å². The molecule has 10 heteroatoms. The van der Waals surface area contributed by atoms with Crippen molar-refractivity contribution in [1.82, 2.24) is 20.0 Å². The predicted molar refractivity (Wildman–Crippen MR) is 108 cm³/mol. The summed E-state index contributed by atoms with van der Waals surface area (Å²) in [6.07, 6.45) is 0.987. The molecule has 0 fully saturated rings. The van der Waals surface area contributed by atoms with Gasteiger partial charge < -0.3 is 14.8 Å². The third-order valence-corrected chi connectivity index (χ3v) is 4.99. The number of aryl methyl sites for hydroxylation is 1. The Kier molecular flexibility index (Phi) is 5.37. The number of carbonyl (C=O) groups excluding carboxylic acids is 2. The molecule has 3 aromatic rings. The number of fused-ring (bicyclic) bond motifs is 1. The number of anilines is 1. The highest BCUT2D eigenvalue weighted by Gasteiger charge is 2.22. The van der Waals surface area contributed by atoms with Crippen molar-refractivity contribution in [2.45, 2.75) is 19.4 Å². The Morgan fingerprint density at radius 3 is 3.03 bits per heavy atom. The fourth-order valence-corrected chi connectivity index (χ4v) is 3.43. The van der Waals surface area contributed by atoms with Crippen molar-refractivity contribution < 1.29 is 19.1 Å². The zero-order valence-corrected chi connectivity index (χ0v) is 17.0. The van der Waals surface area contributed by atoms with Crippen molar-refractivity contribution in [3.63, 3.8) is 0 Å². The maximum Gasteiger partial charge on any atom is 0.312 e. The van der Waals surface area contributed by atoms with Gasteiger partial charge in [0.1, 0.15) is 22.7 Å². The van der Waals surface area contributed by atoms with Gasteiger partial charge in [-0.25, -0.2) is 4.98 Å². The normalized spacial score (nSPS) is 13.8. The second-order valence-electron chi connectivity index (χ2n) is 6.75. The molecule has 0 saturated carbocycles. The van der Waals surface area contributed by atoms with Crippen LogP contribution in [0.4, 0.5) is 5.69 Å². The molecule has 0 saturated heterocycles. The van der Waals surface area contributed by atoms with Crippen molar-refractivity contribution in [3.05, 3.63) is 52.9 Å². The lowest BCUT2D eigenvalue weighted by Gasteiger charge is -2.18. The molecule has 0 bridgehead atoms. The molecular formula is C20H18ClN5O4. The molecule has 2 aromatic heterocycles. The largest absolute Gasteiger partial charge is 0.482 e. The van der Waals surface area contributed by atoms with E-state index in [4.69, 9.17) is 21.1 Å². The number of aromatic nitrogens is 4. The van der Waals surface area contributed by atoms with E-state index in [-0.39, 0.29) is 18.9 Å². The summed E-state index contributed by atoms with van der Waals surface area (Å²) in [5.74, 6) is -0.123. The molecule has 4 rings (SSSR count). The second kappa shape index (κ2) is 8.11. The van der Waals surface area contributed by atoms with Crippen molar-refractivity contribution in [2.75, 3.05) is 11.9 Å². The van der Waals surface area contributed by atoms with Crippen LogP contribution in [0.2, 0.25) is 5.15 Å². The van der Waals surface area contributed by atoms with E-state index in [1.54, 1.807) is 50.5 Å². The highest BCUT2D eigenvalue weighted by molar-refractivity contribution is 6.30. The highest BCUT2D eigenvalue weighted by atomic mass is 35.5. The number of nitrogens with zero attached hydrogens (tertiary/aromatic N) is 4. The molecule has 1 aliphatic rings. The summed E-state index contributed by atoms with van der Waals surface area (Å²) in [6, 6.07) is 8.76. The second-order valence-corrected chi connectivity index (χ2v) is 7.11. The average Bonchev–Trinajstić information content (AvgIpc) is 3.08. The Hall–Kier alpha value is -3.46. The van der Waals surface area contributed by atoms with Crippen LogP contribution in [-0.4, -0.2) is 38.5 Å². The number of ether oxygens (including phenoxy) is 2. The van der Waals surface area contributed by atoms with E-state index in [9.17, 15) is 9.59 Å². The summed E-state index contributed by atoms with van der Waals surface area (Å²) in [5, 5.41) is 11.3. The number of amides is 1. The van der Waals surface area contributed by atoms with E-state index in [1.165, 1.54) is 4.68 Å². The lowest BCUT2D eigenvalue weighted by molar-refractivity contribution is -0.147. The molecule has 3 heterocycles. The maximum absolute atomic E-state index is 12.6. The van der Waals surface area contributed by atoms with Gasteiger partial charge in [0, 0.05) is 24.4 Å². The molecule has 9 nitrogen and oxygen atoms in total. The smallest absolute Gasteiger partial charge is 0.312 e. The van der Waals surface area contributed by atoms with Gasteiger partial charge >= 0.3 is 5.97 Å². The zero-order chi connectivity index (χ0) is 21.3. The van der Waals surface area contributed by atoms with E-state index in [0.29, 0.717) is 39.1 Å². The lowest BCUT2D eigenvalue weighted by atomic mass is 10.1. The summed E-state index contributed by atoms with van der Waals surface area (Å²) >= 11 is 6.08. The first kappa shape index (κ1) is 19.8. The molecule has 0 spiro atoms. The van der Waals surface area contributed by atoms with Crippen LogP contribution >= 0.6 is 11.6 Å². The van der Waals surface area contributed by atoms with Gasteiger partial charge in [-0.2, -0.15) is 0 Å². The number of hydrogen-bond acceptors (Lipinski definition) is 7. The van der Waals surface area contributed by atoms with E-state index >= 15 is 0 Å². The van der Waals surface area contributed by atoms with Crippen molar-refractivity contribution >= 4 is 29.2 Å². The number of esters is 1. The molecule has 1 amide bonds. The predicted octanol–water partition coefficient (Wildman–Crippen LogP) is 2.71. The summed E-state index contributed by atoms with van der Waals surface area (Å²) in [7, 11) is 1.70. The minimum atomic E-state index is -0.552. The number of halogens is 1. The quantitative estimate of drug-likeness (QED) is 0.492. The fraction of sp³-hybridized carbons (Fsp3) is 0.250. The van der Waals surface area contributed by atoms with Gasteiger partial charge in [-0.3, -0.25) is 14.3 Å². The number of benzene rings is 1. The third kappa shape index (κ3) is 3.97. The number of pyridine rings is 1. The van der Waals surface area contributed by atoms with Crippen LogP contribution in [0.25, 0.3) is 11.3 Å². The van der Waals surface area contributed by atoms with Gasteiger partial charge in [0.25, 0.3) is 5.91 Å². The Morgan fingerprint density at radius 2 is 2.23 bits per heavy atom. The van der Waals surface area contributed by atoms with Crippen molar-refractivity contribution in [1.29, 1.82) is 0 Å². The SMILES string of the molecule is C[C@@H](OC(=O)Cc1c(-c2ccc3c(c2)OCC(=O)N3)nnn1C)c1cccnc1Cl. The van der Waals surface area contributed by atoms with E-state index in [0.717, 1.165) is 0 Å². The van der Waals surface area contributed by atoms with Crippen LogP contribution in [0.1, 0.15) is 24.3 Å². The van der Waals surface area contributed by atoms with Gasteiger partial charge in [-0.05, 0) is 25.1 Å². The summed E-state index contributed by atoms with van der Waals surface area (Å²) in [4.78, 5) is 28.0. The molecule has 0 aliphatic carbocycles. The minimum Gasteiger partial charge on any atom is -0.482 e. The Balaban J connectivity index is 1.54. The van der Waals surface area contributed by atoms with Crippen LogP contribution in [-0.2, 0) is 27.8 Å². The Labute approximate surface area is 177 Å². The molecule has 1 aromatic carbocycles. The molecule has 1 aliphatic heterocycles. The third-order valence-electron chi connectivity index (χ3n) is 4.68. The van der Waals surface area contributed by atoms with E-state index in [2.05, 4.69) is 20.6 Å². The van der Waals surface area contributed by atoms with E-state index < -0.39 is 12.1 Å². The van der Waals surface area contributed by atoms with Gasteiger partial charge in [0.05, 0.1) is 17.8 Å². The first-order valence-electron chi connectivity index (χ1n) is 9.18. The molecule has 0 radical (unpaired) electrons. The first-order chi connectivity index (χ1) is 14.4. The molecule has 1 atom stereocenters. The van der Waals surface area contributed by atoms with Crippen LogP contribution in [0.15, 0.2) is 36.5 Å². The highest BCUT2D eigenvalue weighted by Crippen LogP contribution is 2.33. The summed E-state index contributed by atoms with van der Waals surface area (Å²) in [6.45, 7) is 1.68. The molecule has 1 N–H and O–H groups in total. The standard InChI is InChI=1S/C20H18ClN5O4/c1-11(13-4-3-7-22-20(13)21)30-18(28)9-15-19(24-25-26(15)2)12-5-6-14-16(8-12)29-10-17(27)23-14/h3-8,11H,9-10H2,1-2H3,(H,23,27)/t11-/m1/s1. The van der Waals surface area contributed by atoms with Crippen LogP contribution in [0.5, 0.6) is 5.75 Å². The Morgan fingerprint density at radius 1 is 1.40 bits per heavy atom. The number of rotatable bonds is 5. The Bertz CT molecular complexity index is 1130. The molecule has 30 heavy (non-hydrogen) atoms. The number of nitrogens with one attached hydrogen (secondary N) is 1. The maximum atomic E-state index is 12.6. The monoisotopic (exact) mass is 427 g/mol. The van der Waals surface area contributed by atoms with Crippen molar-refractivity contribution in [3.8, 4) is 17.0 Å². The topological polar surface area (TPSA) is 108 Å². The summed E-state index contributed by atoms with van der Waals surface area (Å²) < 4.78 is 12.5. The van der Waals surface area contributed by atoms with Crippen LogP contribution < -0.4 is 10.1 Å². The molecule has 0 unspecified atom stereocenters. The summed E-state index contributed by atoms with van der Waals surface area (Å²) in [5.41, 5.74) is 3.05. The van der Waals surface area contributed by atoms with E-state index in [1.807, 2.05) is 0 Å². The van der Waals surface area contributed by atoms with Gasteiger partial charge in [-0.1, -0.05) is 28.9 Å². The molecule has 154 valence electrons. The van der Waals surface area contributed by atoms with Gasteiger partial charge in [0.15, 0.2) is 6.61 Å². The van der Waals surface area contributed by atoms with Crippen molar-refractivity contribution in [2.24, 2.45) is 7.05 Å². The average molecular weight is 428 g/mol. The zero-order valence-electron chi connectivity index (χ0n) is 16.3. The van der Waals surface area contributed by atoms with Gasteiger partial charge in [0.2, 0.25) is 0 Å². The molecular weight excluding hydrogens is 410 g/mol. The first-order valence-corrected chi connectivity index (χ1v) is 9.55. The van der Waals surface area contributed by atoms with Crippen LogP contribution in [0.3, 0.4) is 0 Å². The number of hydrogen-bond donors (Lipinski definition) is 1.